The van der Waals surface area contributed by atoms with Crippen LogP contribution in [0.2, 0.25) is 0 Å². The minimum atomic E-state index is -0.434. The molecule has 1 aliphatic rings. The summed E-state index contributed by atoms with van der Waals surface area (Å²) in [5.74, 6) is 0.444. The second-order valence-corrected chi connectivity index (χ2v) is 6.78. The van der Waals surface area contributed by atoms with Crippen LogP contribution in [0.15, 0.2) is 59.8 Å². The molecule has 0 spiro atoms. The van der Waals surface area contributed by atoms with Gasteiger partial charge in [0.2, 0.25) is 0 Å². The minimum Gasteiger partial charge on any atom is -0.496 e. The van der Waals surface area contributed by atoms with Gasteiger partial charge in [0.15, 0.2) is 0 Å². The van der Waals surface area contributed by atoms with E-state index in [1.807, 2.05) is 43.3 Å². The van der Waals surface area contributed by atoms with E-state index < -0.39 is 5.97 Å². The summed E-state index contributed by atoms with van der Waals surface area (Å²) in [5, 5.41) is 6.11. The van der Waals surface area contributed by atoms with Crippen LogP contribution in [0, 0.1) is 6.92 Å². The number of nitrogens with zero attached hydrogens (tertiary/aromatic N) is 1. The van der Waals surface area contributed by atoms with Gasteiger partial charge >= 0.3 is 5.97 Å². The summed E-state index contributed by atoms with van der Waals surface area (Å²) in [4.78, 5) is 18.0. The molecule has 0 unspecified atom stereocenters. The zero-order chi connectivity index (χ0) is 18.8. The zero-order valence-corrected chi connectivity index (χ0v) is 15.5. The van der Waals surface area contributed by atoms with Crippen LogP contribution < -0.4 is 4.74 Å². The summed E-state index contributed by atoms with van der Waals surface area (Å²) >= 11 is 0. The predicted molar refractivity (Wildman–Crippen MR) is 107 cm³/mol. The highest BCUT2D eigenvalue weighted by Crippen LogP contribution is 2.29. The Kier molecular flexibility index (Phi) is 4.63. The zero-order valence-electron chi connectivity index (χ0n) is 15.5. The van der Waals surface area contributed by atoms with E-state index >= 15 is 0 Å². The van der Waals surface area contributed by atoms with Crippen molar-refractivity contribution in [2.45, 2.75) is 26.2 Å². The average molecular weight is 359 g/mol. The van der Waals surface area contributed by atoms with E-state index in [1.165, 1.54) is 5.56 Å². The molecule has 1 aliphatic carbocycles. The van der Waals surface area contributed by atoms with Crippen molar-refractivity contribution in [3.8, 4) is 5.75 Å². The number of aryl methyl sites for hydroxylation is 2. The SMILES string of the molecule is COc1cc2c(cc1C)/C(=N/OC(=O)c1cccc3ccccc13)CCC2. The second kappa shape index (κ2) is 7.23. The fourth-order valence-electron chi connectivity index (χ4n) is 3.65. The lowest BCUT2D eigenvalue weighted by Gasteiger charge is -2.19. The van der Waals surface area contributed by atoms with E-state index in [4.69, 9.17) is 9.57 Å². The number of carbonyl (C=O) groups excluding carboxylic acids is 1. The normalized spacial score (nSPS) is 14.8. The molecule has 3 aromatic carbocycles. The van der Waals surface area contributed by atoms with Crippen molar-refractivity contribution in [1.82, 2.24) is 0 Å². The summed E-state index contributed by atoms with van der Waals surface area (Å²) in [7, 11) is 1.68. The molecule has 0 atom stereocenters. The van der Waals surface area contributed by atoms with Crippen molar-refractivity contribution < 1.29 is 14.4 Å². The number of methoxy groups -OCH3 is 1. The number of benzene rings is 3. The molecule has 0 aromatic heterocycles. The predicted octanol–water partition coefficient (Wildman–Crippen LogP) is 5.05. The third-order valence-corrected chi connectivity index (χ3v) is 5.04. The van der Waals surface area contributed by atoms with Crippen molar-refractivity contribution in [2.75, 3.05) is 7.11 Å². The third kappa shape index (κ3) is 3.31. The van der Waals surface area contributed by atoms with Crippen LogP contribution in [0.5, 0.6) is 5.75 Å². The monoisotopic (exact) mass is 359 g/mol. The van der Waals surface area contributed by atoms with Crippen LogP contribution in [0.25, 0.3) is 10.8 Å². The Balaban J connectivity index is 1.64. The van der Waals surface area contributed by atoms with Gasteiger partial charge in [-0.1, -0.05) is 41.6 Å². The van der Waals surface area contributed by atoms with Crippen LogP contribution in [0.4, 0.5) is 0 Å². The number of hydrogen-bond acceptors (Lipinski definition) is 4. The first-order valence-corrected chi connectivity index (χ1v) is 9.11. The van der Waals surface area contributed by atoms with Crippen LogP contribution in [-0.2, 0) is 11.3 Å². The maximum atomic E-state index is 12.6. The molecule has 4 nitrogen and oxygen atoms in total. The standard InChI is InChI=1S/C23H21NO3/c1-15-13-20-17(14-22(15)26-2)9-6-12-21(20)24-27-23(25)19-11-5-8-16-7-3-4-10-18(16)19/h3-5,7-8,10-11,13-14H,6,9,12H2,1-2H3/b24-21+. The summed E-state index contributed by atoms with van der Waals surface area (Å²) in [6.07, 6.45) is 2.74. The number of rotatable bonds is 3. The summed E-state index contributed by atoms with van der Waals surface area (Å²) < 4.78 is 5.42. The van der Waals surface area contributed by atoms with Gasteiger partial charge in [0.1, 0.15) is 5.75 Å². The lowest BCUT2D eigenvalue weighted by Crippen LogP contribution is -2.14. The van der Waals surface area contributed by atoms with Gasteiger partial charge in [0.05, 0.1) is 18.4 Å². The first kappa shape index (κ1) is 17.3. The first-order chi connectivity index (χ1) is 13.2. The molecular formula is C23H21NO3. The van der Waals surface area contributed by atoms with Gasteiger partial charge in [-0.25, -0.2) is 4.79 Å². The molecule has 0 aliphatic heterocycles. The molecule has 4 rings (SSSR count). The molecule has 0 N–H and O–H groups in total. The van der Waals surface area contributed by atoms with Gasteiger partial charge in [0, 0.05) is 5.56 Å². The molecule has 136 valence electrons. The molecule has 0 saturated heterocycles. The van der Waals surface area contributed by atoms with Crippen molar-refractivity contribution in [1.29, 1.82) is 0 Å². The molecule has 0 heterocycles. The van der Waals surface area contributed by atoms with Crippen molar-refractivity contribution in [2.24, 2.45) is 5.16 Å². The van der Waals surface area contributed by atoms with Crippen molar-refractivity contribution >= 4 is 22.5 Å². The lowest BCUT2D eigenvalue weighted by molar-refractivity contribution is 0.0518. The van der Waals surface area contributed by atoms with E-state index in [2.05, 4.69) is 17.3 Å². The maximum Gasteiger partial charge on any atom is 0.366 e. The molecule has 0 saturated carbocycles. The van der Waals surface area contributed by atoms with Gasteiger partial charge in [0.25, 0.3) is 0 Å². The summed E-state index contributed by atoms with van der Waals surface area (Å²) in [6, 6.07) is 17.5. The van der Waals surface area contributed by atoms with E-state index in [1.54, 1.807) is 13.2 Å². The Morgan fingerprint density at radius 3 is 2.70 bits per heavy atom. The largest absolute Gasteiger partial charge is 0.496 e. The summed E-state index contributed by atoms with van der Waals surface area (Å²) in [5.41, 5.74) is 4.62. The smallest absolute Gasteiger partial charge is 0.366 e. The van der Waals surface area contributed by atoms with Crippen molar-refractivity contribution in [3.05, 3.63) is 76.9 Å². The quantitative estimate of drug-likeness (QED) is 0.485. The van der Waals surface area contributed by atoms with Crippen LogP contribution in [0.3, 0.4) is 0 Å². The molecule has 4 heteroatoms. The van der Waals surface area contributed by atoms with Gasteiger partial charge in [-0.05, 0) is 66.3 Å². The lowest BCUT2D eigenvalue weighted by atomic mass is 9.88. The van der Waals surface area contributed by atoms with E-state index in [9.17, 15) is 4.79 Å². The first-order valence-electron chi connectivity index (χ1n) is 9.11. The molecule has 0 fully saturated rings. The van der Waals surface area contributed by atoms with Crippen molar-refractivity contribution in [3.63, 3.8) is 0 Å². The number of fused-ring (bicyclic) bond motifs is 2. The Bertz CT molecular complexity index is 1050. The Labute approximate surface area is 158 Å². The number of ether oxygens (including phenoxy) is 1. The molecule has 0 amide bonds. The van der Waals surface area contributed by atoms with Gasteiger partial charge in [-0.3, -0.25) is 0 Å². The Hall–Kier alpha value is -3.14. The van der Waals surface area contributed by atoms with Gasteiger partial charge in [-0.15, -0.1) is 0 Å². The van der Waals surface area contributed by atoms with Crippen LogP contribution >= 0.6 is 0 Å². The summed E-state index contributed by atoms with van der Waals surface area (Å²) in [6.45, 7) is 2.01. The molecule has 3 aromatic rings. The third-order valence-electron chi connectivity index (χ3n) is 5.04. The second-order valence-electron chi connectivity index (χ2n) is 6.78. The minimum absolute atomic E-state index is 0.434. The average Bonchev–Trinajstić information content (AvgIpc) is 2.71. The number of carbonyl (C=O) groups is 1. The molecule has 27 heavy (non-hydrogen) atoms. The van der Waals surface area contributed by atoms with Gasteiger partial charge < -0.3 is 9.57 Å². The van der Waals surface area contributed by atoms with E-state index in [-0.39, 0.29) is 0 Å². The highest BCUT2D eigenvalue weighted by molar-refractivity contribution is 6.06. The van der Waals surface area contributed by atoms with Gasteiger partial charge in [-0.2, -0.15) is 0 Å². The van der Waals surface area contributed by atoms with E-state index in [0.717, 1.165) is 52.6 Å². The number of oxime groups is 1. The molecule has 0 bridgehead atoms. The highest BCUT2D eigenvalue weighted by Gasteiger charge is 2.19. The Morgan fingerprint density at radius 2 is 1.85 bits per heavy atom. The van der Waals surface area contributed by atoms with Crippen LogP contribution in [-0.4, -0.2) is 18.8 Å². The number of hydrogen-bond donors (Lipinski definition) is 0. The topological polar surface area (TPSA) is 47.9 Å². The molecular weight excluding hydrogens is 338 g/mol. The van der Waals surface area contributed by atoms with Crippen LogP contribution in [0.1, 0.15) is 39.9 Å². The Morgan fingerprint density at radius 1 is 1.04 bits per heavy atom. The fourth-order valence-corrected chi connectivity index (χ4v) is 3.65. The highest BCUT2D eigenvalue weighted by atomic mass is 16.7. The maximum absolute atomic E-state index is 12.6. The fraction of sp³-hybridized carbons (Fsp3) is 0.217. The molecule has 0 radical (unpaired) electrons. The van der Waals surface area contributed by atoms with E-state index in [0.29, 0.717) is 5.56 Å².